The Morgan fingerprint density at radius 1 is 1.33 bits per heavy atom. The monoisotopic (exact) mass is 505 g/mol. The quantitative estimate of drug-likeness (QED) is 0.366. The van der Waals surface area contributed by atoms with Crippen LogP contribution >= 0.6 is 35.3 Å². The zero-order valence-electron chi connectivity index (χ0n) is 16.4. The van der Waals surface area contributed by atoms with Crippen molar-refractivity contribution in [1.29, 1.82) is 0 Å². The van der Waals surface area contributed by atoms with Crippen molar-refractivity contribution < 1.29 is 4.79 Å². The van der Waals surface area contributed by atoms with Crippen LogP contribution in [0.5, 0.6) is 0 Å². The Morgan fingerprint density at radius 2 is 2.11 bits per heavy atom. The Kier molecular flexibility index (Phi) is 9.31. The molecule has 1 aromatic rings. The number of piperidine rings is 1. The molecule has 0 saturated carbocycles. The SMILES string of the molecule is CN=C(NCCN1CCc2sccc2C1)N1CCC(CC(=O)NC)CC1.I. The minimum Gasteiger partial charge on any atom is -0.359 e. The summed E-state index contributed by atoms with van der Waals surface area (Å²) in [5.74, 6) is 1.65. The first-order valence-electron chi connectivity index (χ1n) is 9.63. The van der Waals surface area contributed by atoms with Crippen molar-refractivity contribution in [2.45, 2.75) is 32.2 Å². The number of hydrogen-bond donors (Lipinski definition) is 2. The van der Waals surface area contributed by atoms with Crippen molar-refractivity contribution in [3.63, 3.8) is 0 Å². The van der Waals surface area contributed by atoms with Crippen molar-refractivity contribution >= 4 is 47.2 Å². The predicted octanol–water partition coefficient (Wildman–Crippen LogP) is 2.15. The van der Waals surface area contributed by atoms with Crippen molar-refractivity contribution in [3.05, 3.63) is 21.9 Å². The number of likely N-dealkylation sites (tertiary alicyclic amines) is 1. The van der Waals surface area contributed by atoms with E-state index in [2.05, 4.69) is 36.9 Å². The van der Waals surface area contributed by atoms with E-state index in [0.29, 0.717) is 12.3 Å². The van der Waals surface area contributed by atoms with Crippen molar-refractivity contribution in [1.82, 2.24) is 20.4 Å². The molecular weight excluding hydrogens is 473 g/mol. The Labute approximate surface area is 183 Å². The third-order valence-electron chi connectivity index (χ3n) is 5.48. The van der Waals surface area contributed by atoms with Gasteiger partial charge in [0.15, 0.2) is 5.96 Å². The van der Waals surface area contributed by atoms with Gasteiger partial charge in [-0.3, -0.25) is 14.7 Å². The summed E-state index contributed by atoms with van der Waals surface area (Å²) in [5, 5.41) is 8.47. The van der Waals surface area contributed by atoms with Gasteiger partial charge in [0.2, 0.25) is 5.91 Å². The summed E-state index contributed by atoms with van der Waals surface area (Å²) in [7, 11) is 3.57. The van der Waals surface area contributed by atoms with Gasteiger partial charge in [0.1, 0.15) is 0 Å². The smallest absolute Gasteiger partial charge is 0.220 e. The molecule has 2 N–H and O–H groups in total. The van der Waals surface area contributed by atoms with Crippen LogP contribution in [0.3, 0.4) is 0 Å². The molecule has 3 rings (SSSR count). The lowest BCUT2D eigenvalue weighted by molar-refractivity contribution is -0.121. The Bertz CT molecular complexity index is 627. The van der Waals surface area contributed by atoms with Gasteiger partial charge in [-0.2, -0.15) is 0 Å². The van der Waals surface area contributed by atoms with Crippen molar-refractivity contribution in [3.8, 4) is 0 Å². The van der Waals surface area contributed by atoms with E-state index in [9.17, 15) is 4.79 Å². The summed E-state index contributed by atoms with van der Waals surface area (Å²) < 4.78 is 0. The lowest BCUT2D eigenvalue weighted by atomic mass is 9.93. The van der Waals surface area contributed by atoms with Crippen LogP contribution in [0.4, 0.5) is 0 Å². The lowest BCUT2D eigenvalue weighted by Gasteiger charge is -2.34. The normalized spacial score (nSPS) is 18.6. The van der Waals surface area contributed by atoms with Crippen LogP contribution in [0, 0.1) is 5.92 Å². The van der Waals surface area contributed by atoms with Gasteiger partial charge in [-0.1, -0.05) is 0 Å². The fourth-order valence-electron chi connectivity index (χ4n) is 3.87. The molecule has 0 bridgehead atoms. The number of carbonyl (C=O) groups is 1. The van der Waals surface area contributed by atoms with Gasteiger partial charge in [0.05, 0.1) is 0 Å². The van der Waals surface area contributed by atoms with Gasteiger partial charge in [0, 0.05) is 64.7 Å². The number of guanidine groups is 1. The maximum absolute atomic E-state index is 11.5. The number of amides is 1. The molecule has 1 fully saturated rings. The van der Waals surface area contributed by atoms with E-state index >= 15 is 0 Å². The number of nitrogens with zero attached hydrogens (tertiary/aromatic N) is 3. The predicted molar refractivity (Wildman–Crippen MR) is 123 cm³/mol. The van der Waals surface area contributed by atoms with Crippen molar-refractivity contribution in [2.75, 3.05) is 46.8 Å². The van der Waals surface area contributed by atoms with Crippen molar-refractivity contribution in [2.24, 2.45) is 10.9 Å². The molecular formula is C19H32IN5OS. The van der Waals surface area contributed by atoms with Gasteiger partial charge in [-0.25, -0.2) is 0 Å². The molecule has 27 heavy (non-hydrogen) atoms. The number of rotatable bonds is 5. The van der Waals surface area contributed by atoms with Crippen LogP contribution < -0.4 is 10.6 Å². The molecule has 3 heterocycles. The van der Waals surface area contributed by atoms with Crippen LogP contribution in [-0.4, -0.2) is 68.5 Å². The number of fused-ring (bicyclic) bond motifs is 1. The van der Waals surface area contributed by atoms with E-state index in [1.807, 2.05) is 18.4 Å². The minimum absolute atomic E-state index is 0. The minimum atomic E-state index is 0. The maximum Gasteiger partial charge on any atom is 0.220 e. The number of thiophene rings is 1. The number of aliphatic imine (C=N–C) groups is 1. The third kappa shape index (κ3) is 6.32. The molecule has 0 aliphatic carbocycles. The van der Waals surface area contributed by atoms with E-state index in [1.54, 1.807) is 11.9 Å². The molecule has 0 atom stereocenters. The van der Waals surface area contributed by atoms with E-state index in [-0.39, 0.29) is 29.9 Å². The molecule has 0 radical (unpaired) electrons. The van der Waals surface area contributed by atoms with E-state index in [4.69, 9.17) is 0 Å². The number of nitrogens with one attached hydrogen (secondary N) is 2. The van der Waals surface area contributed by atoms with Gasteiger partial charge in [0.25, 0.3) is 0 Å². The molecule has 2 aliphatic heterocycles. The van der Waals surface area contributed by atoms with Crippen LogP contribution in [0.1, 0.15) is 29.7 Å². The van der Waals surface area contributed by atoms with Crippen LogP contribution in [0.15, 0.2) is 16.4 Å². The number of carbonyl (C=O) groups excluding carboxylic acids is 1. The summed E-state index contributed by atoms with van der Waals surface area (Å²) in [4.78, 5) is 22.4. The number of halogens is 1. The molecule has 1 saturated heterocycles. The molecule has 6 nitrogen and oxygen atoms in total. The molecule has 152 valence electrons. The fraction of sp³-hybridized carbons (Fsp3) is 0.684. The van der Waals surface area contributed by atoms with Gasteiger partial charge >= 0.3 is 0 Å². The standard InChI is InChI=1S/C19H31N5OS.HI/c1-20-18(25)13-15-3-9-24(10-4-15)19(21-2)22-7-11-23-8-5-17-16(14-23)6-12-26-17;/h6,12,15H,3-5,7-11,13-14H2,1-2H3,(H,20,25)(H,21,22);1H. The fourth-order valence-corrected chi connectivity index (χ4v) is 4.76. The van der Waals surface area contributed by atoms with E-state index < -0.39 is 0 Å². The van der Waals surface area contributed by atoms with Crippen LogP contribution in [-0.2, 0) is 17.8 Å². The highest BCUT2D eigenvalue weighted by molar-refractivity contribution is 14.0. The second-order valence-electron chi connectivity index (χ2n) is 7.18. The molecule has 8 heteroatoms. The number of hydrogen-bond acceptors (Lipinski definition) is 4. The lowest BCUT2D eigenvalue weighted by Crippen LogP contribution is -2.48. The zero-order chi connectivity index (χ0) is 18.4. The van der Waals surface area contributed by atoms with E-state index in [1.165, 1.54) is 12.0 Å². The van der Waals surface area contributed by atoms with Gasteiger partial charge < -0.3 is 15.5 Å². The molecule has 1 aromatic heterocycles. The summed E-state index contributed by atoms with van der Waals surface area (Å²) in [5.41, 5.74) is 1.50. The summed E-state index contributed by atoms with van der Waals surface area (Å²) in [6.07, 6.45) is 3.94. The van der Waals surface area contributed by atoms with E-state index in [0.717, 1.165) is 58.1 Å². The molecule has 0 aromatic carbocycles. The maximum atomic E-state index is 11.5. The van der Waals surface area contributed by atoms with Crippen LogP contribution in [0.25, 0.3) is 0 Å². The largest absolute Gasteiger partial charge is 0.359 e. The topological polar surface area (TPSA) is 60.0 Å². The Hall–Kier alpha value is -0.870. The first-order chi connectivity index (χ1) is 12.7. The van der Waals surface area contributed by atoms with Gasteiger partial charge in [-0.05, 0) is 42.2 Å². The first-order valence-corrected chi connectivity index (χ1v) is 10.5. The second kappa shape index (κ2) is 11.2. The average molecular weight is 505 g/mol. The summed E-state index contributed by atoms with van der Waals surface area (Å²) >= 11 is 1.89. The Balaban J connectivity index is 0.00000261. The second-order valence-corrected chi connectivity index (χ2v) is 8.18. The summed E-state index contributed by atoms with van der Waals surface area (Å²) in [6.45, 7) is 6.14. The Morgan fingerprint density at radius 3 is 2.81 bits per heavy atom. The molecule has 1 amide bonds. The molecule has 0 spiro atoms. The summed E-state index contributed by atoms with van der Waals surface area (Å²) in [6, 6.07) is 2.27. The highest BCUT2D eigenvalue weighted by Gasteiger charge is 2.23. The molecule has 0 unspecified atom stereocenters. The molecule has 2 aliphatic rings. The highest BCUT2D eigenvalue weighted by Crippen LogP contribution is 2.23. The average Bonchev–Trinajstić information content (AvgIpc) is 3.14. The first kappa shape index (κ1) is 22.4. The third-order valence-corrected chi connectivity index (χ3v) is 6.50. The zero-order valence-corrected chi connectivity index (χ0v) is 19.5. The highest BCUT2D eigenvalue weighted by atomic mass is 127. The van der Waals surface area contributed by atoms with Crippen LogP contribution in [0.2, 0.25) is 0 Å². The van der Waals surface area contributed by atoms with Gasteiger partial charge in [-0.15, -0.1) is 35.3 Å².